The first-order chi connectivity index (χ1) is 9.28. The van der Waals surface area contributed by atoms with Crippen LogP contribution in [0.3, 0.4) is 0 Å². The van der Waals surface area contributed by atoms with E-state index in [0.29, 0.717) is 6.54 Å². The van der Waals surface area contributed by atoms with Crippen molar-refractivity contribution in [1.29, 1.82) is 0 Å². The lowest BCUT2D eigenvalue weighted by Gasteiger charge is -2.34. The summed E-state index contributed by atoms with van der Waals surface area (Å²) in [5.74, 6) is 0. The van der Waals surface area contributed by atoms with Crippen molar-refractivity contribution in [3.05, 3.63) is 69.7 Å². The zero-order chi connectivity index (χ0) is 13.2. The number of amides is 1. The molecule has 2 aromatic rings. The van der Waals surface area contributed by atoms with Crippen LogP contribution in [-0.4, -0.2) is 11.3 Å². The van der Waals surface area contributed by atoms with Crippen LogP contribution in [-0.2, 0) is 17.8 Å². The summed E-state index contributed by atoms with van der Waals surface area (Å²) in [5.41, 5.74) is 3.78. The predicted octanol–water partition coefficient (Wildman–Crippen LogP) is 3.70. The first-order valence-corrected chi connectivity index (χ1v) is 7.10. The number of hydrogen-bond acceptors (Lipinski definition) is 1. The molecular formula is C16H14BrNO. The third kappa shape index (κ3) is 2.43. The average Bonchev–Trinajstić information content (AvgIpc) is 2.46. The first kappa shape index (κ1) is 12.4. The number of halogens is 1. The summed E-state index contributed by atoms with van der Waals surface area (Å²) in [6.45, 7) is 0.695. The number of carbonyl (C=O) groups is 1. The third-order valence-corrected chi connectivity index (χ3v) is 4.20. The monoisotopic (exact) mass is 315 g/mol. The molecule has 2 aromatic carbocycles. The van der Waals surface area contributed by atoms with Gasteiger partial charge in [-0.1, -0.05) is 52.3 Å². The van der Waals surface area contributed by atoms with Crippen LogP contribution in [0.25, 0.3) is 0 Å². The van der Waals surface area contributed by atoms with E-state index in [0.717, 1.165) is 17.3 Å². The first-order valence-electron chi connectivity index (χ1n) is 6.31. The van der Waals surface area contributed by atoms with Gasteiger partial charge in [0.05, 0.1) is 6.04 Å². The van der Waals surface area contributed by atoms with Gasteiger partial charge in [0, 0.05) is 11.0 Å². The van der Waals surface area contributed by atoms with E-state index < -0.39 is 0 Å². The number of benzene rings is 2. The maximum atomic E-state index is 11.3. The number of fused-ring (bicyclic) bond motifs is 1. The molecule has 1 heterocycles. The largest absolute Gasteiger partial charge is 0.334 e. The molecule has 0 bridgehead atoms. The number of nitrogens with zero attached hydrogens (tertiary/aromatic N) is 1. The Morgan fingerprint density at radius 3 is 2.42 bits per heavy atom. The van der Waals surface area contributed by atoms with Crippen molar-refractivity contribution < 1.29 is 4.79 Å². The normalized spacial score (nSPS) is 17.9. The Hall–Kier alpha value is -1.61. The fourth-order valence-electron chi connectivity index (χ4n) is 2.65. The average molecular weight is 316 g/mol. The molecule has 1 aliphatic rings. The Morgan fingerprint density at radius 1 is 1.05 bits per heavy atom. The van der Waals surface area contributed by atoms with Gasteiger partial charge >= 0.3 is 0 Å². The fraction of sp³-hybridized carbons (Fsp3) is 0.188. The van der Waals surface area contributed by atoms with E-state index in [-0.39, 0.29) is 6.04 Å². The molecule has 0 saturated heterocycles. The molecular weight excluding hydrogens is 302 g/mol. The van der Waals surface area contributed by atoms with Gasteiger partial charge in [-0.3, -0.25) is 4.79 Å². The Morgan fingerprint density at radius 2 is 1.74 bits per heavy atom. The van der Waals surface area contributed by atoms with Crippen LogP contribution in [0.5, 0.6) is 0 Å². The van der Waals surface area contributed by atoms with Gasteiger partial charge in [0.2, 0.25) is 6.41 Å². The summed E-state index contributed by atoms with van der Waals surface area (Å²) in [6.07, 6.45) is 1.85. The molecule has 19 heavy (non-hydrogen) atoms. The van der Waals surface area contributed by atoms with Crippen molar-refractivity contribution in [1.82, 2.24) is 4.90 Å². The van der Waals surface area contributed by atoms with Crippen molar-refractivity contribution in [3.63, 3.8) is 0 Å². The third-order valence-electron chi connectivity index (χ3n) is 3.68. The molecule has 0 saturated carbocycles. The minimum atomic E-state index is 0.139. The van der Waals surface area contributed by atoms with Crippen molar-refractivity contribution in [2.24, 2.45) is 0 Å². The molecule has 0 spiro atoms. The zero-order valence-electron chi connectivity index (χ0n) is 10.4. The van der Waals surface area contributed by atoms with Crippen LogP contribution >= 0.6 is 15.9 Å². The molecule has 96 valence electrons. The van der Waals surface area contributed by atoms with Crippen molar-refractivity contribution in [2.75, 3.05) is 0 Å². The highest BCUT2D eigenvalue weighted by molar-refractivity contribution is 9.10. The lowest BCUT2D eigenvalue weighted by Crippen LogP contribution is -2.33. The second kappa shape index (κ2) is 5.17. The minimum Gasteiger partial charge on any atom is -0.334 e. The van der Waals surface area contributed by atoms with E-state index in [1.54, 1.807) is 0 Å². The van der Waals surface area contributed by atoms with Crippen LogP contribution in [0.1, 0.15) is 22.7 Å². The Bertz CT molecular complexity index is 594. The predicted molar refractivity (Wildman–Crippen MR) is 78.6 cm³/mol. The van der Waals surface area contributed by atoms with E-state index >= 15 is 0 Å². The Labute approximate surface area is 121 Å². The second-order valence-corrected chi connectivity index (χ2v) is 5.73. The smallest absolute Gasteiger partial charge is 0.210 e. The topological polar surface area (TPSA) is 20.3 Å². The van der Waals surface area contributed by atoms with E-state index in [4.69, 9.17) is 0 Å². The van der Waals surface area contributed by atoms with Crippen molar-refractivity contribution >= 4 is 22.3 Å². The van der Waals surface area contributed by atoms with Crippen molar-refractivity contribution in [2.45, 2.75) is 19.0 Å². The highest BCUT2D eigenvalue weighted by Crippen LogP contribution is 2.32. The second-order valence-electron chi connectivity index (χ2n) is 4.82. The van der Waals surface area contributed by atoms with Gasteiger partial charge in [-0.25, -0.2) is 0 Å². The van der Waals surface area contributed by atoms with Gasteiger partial charge in [-0.2, -0.15) is 0 Å². The van der Waals surface area contributed by atoms with Gasteiger partial charge in [-0.05, 0) is 35.2 Å². The van der Waals surface area contributed by atoms with Crippen LogP contribution < -0.4 is 0 Å². The van der Waals surface area contributed by atoms with E-state index in [9.17, 15) is 4.79 Å². The summed E-state index contributed by atoms with van der Waals surface area (Å²) in [6, 6.07) is 16.7. The van der Waals surface area contributed by atoms with Crippen LogP contribution in [0.2, 0.25) is 0 Å². The highest BCUT2D eigenvalue weighted by Gasteiger charge is 2.25. The van der Waals surface area contributed by atoms with E-state index in [1.165, 1.54) is 16.7 Å². The van der Waals surface area contributed by atoms with Gasteiger partial charge in [0.1, 0.15) is 0 Å². The number of carbonyl (C=O) groups excluding carboxylic acids is 1. The molecule has 3 heteroatoms. The van der Waals surface area contributed by atoms with Crippen LogP contribution in [0.4, 0.5) is 0 Å². The van der Waals surface area contributed by atoms with Gasteiger partial charge in [-0.15, -0.1) is 0 Å². The molecule has 0 fully saturated rings. The molecule has 0 aromatic heterocycles. The standard InChI is InChI=1S/C16H14BrNO/c17-15-7-5-12(6-8-15)16-9-13-3-1-2-4-14(13)10-18(16)11-19/h1-8,11,16H,9-10H2. The quantitative estimate of drug-likeness (QED) is 0.774. The Kier molecular flexibility index (Phi) is 3.38. The molecule has 0 radical (unpaired) electrons. The fourth-order valence-corrected chi connectivity index (χ4v) is 2.91. The molecule has 1 amide bonds. The van der Waals surface area contributed by atoms with E-state index in [2.05, 4.69) is 46.3 Å². The molecule has 1 aliphatic heterocycles. The molecule has 1 unspecified atom stereocenters. The molecule has 0 aliphatic carbocycles. The van der Waals surface area contributed by atoms with Crippen molar-refractivity contribution in [3.8, 4) is 0 Å². The lowest BCUT2D eigenvalue weighted by molar-refractivity contribution is -0.121. The minimum absolute atomic E-state index is 0.139. The number of rotatable bonds is 2. The summed E-state index contributed by atoms with van der Waals surface area (Å²) in [7, 11) is 0. The molecule has 1 atom stereocenters. The molecule has 0 N–H and O–H groups in total. The number of hydrogen-bond donors (Lipinski definition) is 0. The summed E-state index contributed by atoms with van der Waals surface area (Å²) >= 11 is 3.44. The summed E-state index contributed by atoms with van der Waals surface area (Å²) in [5, 5.41) is 0. The van der Waals surface area contributed by atoms with Crippen LogP contribution in [0, 0.1) is 0 Å². The Balaban J connectivity index is 1.97. The summed E-state index contributed by atoms with van der Waals surface area (Å²) < 4.78 is 1.06. The van der Waals surface area contributed by atoms with Gasteiger partial charge in [0.25, 0.3) is 0 Å². The lowest BCUT2D eigenvalue weighted by atomic mass is 9.90. The summed E-state index contributed by atoms with van der Waals surface area (Å²) in [4.78, 5) is 13.2. The maximum absolute atomic E-state index is 11.3. The SMILES string of the molecule is O=CN1Cc2ccccc2CC1c1ccc(Br)cc1. The molecule has 2 nitrogen and oxygen atoms in total. The van der Waals surface area contributed by atoms with E-state index in [1.807, 2.05) is 23.1 Å². The molecule has 3 rings (SSSR count). The zero-order valence-corrected chi connectivity index (χ0v) is 12.0. The maximum Gasteiger partial charge on any atom is 0.210 e. The van der Waals surface area contributed by atoms with Gasteiger partial charge in [0.15, 0.2) is 0 Å². The van der Waals surface area contributed by atoms with Gasteiger partial charge < -0.3 is 4.90 Å². The van der Waals surface area contributed by atoms with Crippen LogP contribution in [0.15, 0.2) is 53.0 Å². The highest BCUT2D eigenvalue weighted by atomic mass is 79.9.